The summed E-state index contributed by atoms with van der Waals surface area (Å²) in [6.45, 7) is 11.9. The molecule has 2 fully saturated rings. The van der Waals surface area contributed by atoms with Crippen molar-refractivity contribution in [3.63, 3.8) is 0 Å². The Morgan fingerprint density at radius 2 is 1.86 bits per heavy atom. The molecule has 0 radical (unpaired) electrons. The second-order valence-corrected chi connectivity index (χ2v) is 8.57. The van der Waals surface area contributed by atoms with Crippen LogP contribution in [0.15, 0.2) is 28.8 Å². The first-order chi connectivity index (χ1) is 13.6. The van der Waals surface area contributed by atoms with Gasteiger partial charge in [0, 0.05) is 19.1 Å². The lowest BCUT2D eigenvalue weighted by molar-refractivity contribution is 0.200. The topological polar surface area (TPSA) is 45.4 Å². The van der Waals surface area contributed by atoms with E-state index in [0.29, 0.717) is 6.04 Å². The van der Waals surface area contributed by atoms with Crippen LogP contribution in [0.1, 0.15) is 68.8 Å². The fourth-order valence-corrected chi connectivity index (χ4v) is 5.19. The third kappa shape index (κ3) is 3.74. The van der Waals surface area contributed by atoms with E-state index in [1.165, 1.54) is 30.4 Å². The Morgan fingerprint density at radius 1 is 1.14 bits per heavy atom. The second-order valence-electron chi connectivity index (χ2n) is 8.57. The summed E-state index contributed by atoms with van der Waals surface area (Å²) < 4.78 is 5.74. The molecule has 0 amide bonds. The van der Waals surface area contributed by atoms with Crippen molar-refractivity contribution < 1.29 is 4.52 Å². The maximum Gasteiger partial charge on any atom is 0.240 e. The van der Waals surface area contributed by atoms with Gasteiger partial charge < -0.3 is 4.52 Å². The third-order valence-electron chi connectivity index (χ3n) is 6.89. The molecular formula is C23H34N4O. The van der Waals surface area contributed by atoms with Crippen molar-refractivity contribution in [2.24, 2.45) is 0 Å². The number of hydrogen-bond donors (Lipinski definition) is 0. The van der Waals surface area contributed by atoms with Crippen LogP contribution in [0.2, 0.25) is 0 Å². The SMILES string of the molecule is CCN(CC)C1CCN(Cc2nc(C3(c4ccc(C)cc4)CCCC3)no2)C1. The number of likely N-dealkylation sites (tertiary alicyclic amines) is 1. The van der Waals surface area contributed by atoms with Gasteiger partial charge in [0.25, 0.3) is 0 Å². The predicted molar refractivity (Wildman–Crippen MR) is 111 cm³/mol. The molecule has 4 rings (SSSR count). The first-order valence-corrected chi connectivity index (χ1v) is 11.0. The lowest BCUT2D eigenvalue weighted by Gasteiger charge is -2.26. The molecule has 2 aromatic rings. The van der Waals surface area contributed by atoms with Crippen LogP contribution >= 0.6 is 0 Å². The molecule has 5 heteroatoms. The van der Waals surface area contributed by atoms with Gasteiger partial charge in [-0.15, -0.1) is 0 Å². The maximum absolute atomic E-state index is 5.74. The molecule has 5 nitrogen and oxygen atoms in total. The van der Waals surface area contributed by atoms with Crippen LogP contribution < -0.4 is 0 Å². The number of aryl methyl sites for hydroxylation is 1. The zero-order valence-corrected chi connectivity index (χ0v) is 17.7. The van der Waals surface area contributed by atoms with Gasteiger partial charge in [0.2, 0.25) is 5.89 Å². The minimum absolute atomic E-state index is 0.0653. The number of benzene rings is 1. The van der Waals surface area contributed by atoms with Crippen LogP contribution in [0.3, 0.4) is 0 Å². The van der Waals surface area contributed by atoms with Crippen LogP contribution in [-0.4, -0.2) is 52.2 Å². The average Bonchev–Trinajstić information content (AvgIpc) is 3.45. The Kier molecular flexibility index (Phi) is 5.83. The van der Waals surface area contributed by atoms with Crippen LogP contribution in [0.4, 0.5) is 0 Å². The quantitative estimate of drug-likeness (QED) is 0.720. The van der Waals surface area contributed by atoms with E-state index in [1.807, 2.05) is 0 Å². The number of rotatable bonds is 7. The van der Waals surface area contributed by atoms with E-state index < -0.39 is 0 Å². The molecule has 1 saturated heterocycles. The van der Waals surface area contributed by atoms with Gasteiger partial charge >= 0.3 is 0 Å². The highest BCUT2D eigenvalue weighted by molar-refractivity contribution is 5.35. The van der Waals surface area contributed by atoms with Crippen molar-refractivity contribution in [2.45, 2.75) is 70.9 Å². The smallest absolute Gasteiger partial charge is 0.240 e. The van der Waals surface area contributed by atoms with E-state index >= 15 is 0 Å². The Labute approximate surface area is 169 Å². The van der Waals surface area contributed by atoms with Crippen LogP contribution in [0.25, 0.3) is 0 Å². The highest BCUT2D eigenvalue weighted by atomic mass is 16.5. The minimum atomic E-state index is -0.0653. The van der Waals surface area contributed by atoms with Gasteiger partial charge in [-0.2, -0.15) is 4.98 Å². The van der Waals surface area contributed by atoms with Gasteiger partial charge in [-0.3, -0.25) is 9.80 Å². The molecule has 0 spiro atoms. The summed E-state index contributed by atoms with van der Waals surface area (Å²) in [7, 11) is 0. The van der Waals surface area contributed by atoms with Crippen molar-refractivity contribution >= 4 is 0 Å². The number of aromatic nitrogens is 2. The molecule has 1 unspecified atom stereocenters. The third-order valence-corrected chi connectivity index (χ3v) is 6.89. The zero-order chi connectivity index (χ0) is 19.6. The minimum Gasteiger partial charge on any atom is -0.338 e. The largest absolute Gasteiger partial charge is 0.338 e. The summed E-state index contributed by atoms with van der Waals surface area (Å²) in [6, 6.07) is 9.57. The fourth-order valence-electron chi connectivity index (χ4n) is 5.19. The van der Waals surface area contributed by atoms with Gasteiger partial charge in [-0.05, 0) is 44.8 Å². The molecule has 2 aliphatic rings. The summed E-state index contributed by atoms with van der Waals surface area (Å²) in [5.41, 5.74) is 2.57. The first-order valence-electron chi connectivity index (χ1n) is 11.0. The fraction of sp³-hybridized carbons (Fsp3) is 0.652. The summed E-state index contributed by atoms with van der Waals surface area (Å²) in [6.07, 6.45) is 5.92. The standard InChI is InChI=1S/C23H34N4O/c1-4-27(5-2)20-12-15-26(16-20)17-21-24-22(25-28-21)23(13-6-7-14-23)19-10-8-18(3)9-11-19/h8-11,20H,4-7,12-17H2,1-3H3. The van der Waals surface area contributed by atoms with E-state index in [-0.39, 0.29) is 5.41 Å². The van der Waals surface area contributed by atoms with E-state index in [1.54, 1.807) is 0 Å². The summed E-state index contributed by atoms with van der Waals surface area (Å²) in [5.74, 6) is 1.66. The lowest BCUT2D eigenvalue weighted by Crippen LogP contribution is -2.37. The molecule has 1 aliphatic carbocycles. The van der Waals surface area contributed by atoms with Crippen molar-refractivity contribution in [3.05, 3.63) is 47.1 Å². The normalized spacial score (nSPS) is 22.4. The highest BCUT2D eigenvalue weighted by Crippen LogP contribution is 2.45. The highest BCUT2D eigenvalue weighted by Gasteiger charge is 2.41. The molecule has 2 heterocycles. The van der Waals surface area contributed by atoms with Gasteiger partial charge in [0.05, 0.1) is 12.0 Å². The Morgan fingerprint density at radius 3 is 2.54 bits per heavy atom. The van der Waals surface area contributed by atoms with Crippen LogP contribution in [0, 0.1) is 6.92 Å². The van der Waals surface area contributed by atoms with Crippen molar-refractivity contribution in [2.75, 3.05) is 26.2 Å². The summed E-state index contributed by atoms with van der Waals surface area (Å²) >= 11 is 0. The van der Waals surface area contributed by atoms with Crippen molar-refractivity contribution in [1.82, 2.24) is 19.9 Å². The van der Waals surface area contributed by atoms with Crippen LogP contribution in [0.5, 0.6) is 0 Å². The van der Waals surface area contributed by atoms with Crippen molar-refractivity contribution in [1.29, 1.82) is 0 Å². The molecule has 1 saturated carbocycles. The molecule has 1 aromatic heterocycles. The molecule has 1 atom stereocenters. The van der Waals surface area contributed by atoms with Gasteiger partial charge in [-0.1, -0.05) is 61.7 Å². The average molecular weight is 383 g/mol. The number of nitrogens with zero attached hydrogens (tertiary/aromatic N) is 4. The van der Waals surface area contributed by atoms with E-state index in [4.69, 9.17) is 9.51 Å². The van der Waals surface area contributed by atoms with Crippen molar-refractivity contribution in [3.8, 4) is 0 Å². The maximum atomic E-state index is 5.74. The predicted octanol–water partition coefficient (Wildman–Crippen LogP) is 4.15. The van der Waals surface area contributed by atoms with E-state index in [0.717, 1.165) is 57.3 Å². The van der Waals surface area contributed by atoms with Gasteiger partial charge in [-0.25, -0.2) is 0 Å². The summed E-state index contributed by atoms with van der Waals surface area (Å²) in [4.78, 5) is 9.93. The molecular weight excluding hydrogens is 348 g/mol. The molecule has 0 bridgehead atoms. The Bertz CT molecular complexity index is 759. The van der Waals surface area contributed by atoms with Gasteiger partial charge in [0.1, 0.15) is 0 Å². The van der Waals surface area contributed by atoms with Crippen LogP contribution in [-0.2, 0) is 12.0 Å². The molecule has 1 aromatic carbocycles. The molecule has 28 heavy (non-hydrogen) atoms. The second kappa shape index (κ2) is 8.34. The zero-order valence-electron chi connectivity index (χ0n) is 17.7. The molecule has 1 aliphatic heterocycles. The molecule has 152 valence electrons. The van der Waals surface area contributed by atoms with E-state index in [9.17, 15) is 0 Å². The van der Waals surface area contributed by atoms with E-state index in [2.05, 4.69) is 60.0 Å². The molecule has 0 N–H and O–H groups in total. The number of hydrogen-bond acceptors (Lipinski definition) is 5. The Hall–Kier alpha value is -1.72. The lowest BCUT2D eigenvalue weighted by atomic mass is 9.78. The monoisotopic (exact) mass is 382 g/mol. The summed E-state index contributed by atoms with van der Waals surface area (Å²) in [5, 5.41) is 4.47. The van der Waals surface area contributed by atoms with Gasteiger partial charge in [0.15, 0.2) is 5.82 Å². The Balaban J connectivity index is 1.48. The first kappa shape index (κ1) is 19.6. The number of likely N-dealkylation sites (N-methyl/N-ethyl adjacent to an activating group) is 1.